The number of carbonyl (C=O) groups excluding carboxylic acids is 1. The maximum Gasteiger partial charge on any atom is 0.260 e. The second kappa shape index (κ2) is 9.05. The van der Waals surface area contributed by atoms with Crippen molar-refractivity contribution in [3.8, 4) is 5.75 Å². The zero-order chi connectivity index (χ0) is 15.8. The van der Waals surface area contributed by atoms with Gasteiger partial charge in [0.2, 0.25) is 0 Å². The number of ether oxygens (including phenoxy) is 1. The number of aliphatic hydroxyl groups excluding tert-OH is 1. The van der Waals surface area contributed by atoms with E-state index in [1.807, 2.05) is 6.07 Å². The van der Waals surface area contributed by atoms with Crippen molar-refractivity contribution in [1.82, 2.24) is 5.32 Å². The molecule has 0 bridgehead atoms. The fourth-order valence-electron chi connectivity index (χ4n) is 1.93. The van der Waals surface area contributed by atoms with Crippen molar-refractivity contribution in [2.45, 2.75) is 52.2 Å². The molecule has 21 heavy (non-hydrogen) atoms. The monoisotopic (exact) mass is 357 g/mol. The Kier molecular flexibility index (Phi) is 7.75. The molecule has 0 saturated carbocycles. The van der Waals surface area contributed by atoms with Crippen LogP contribution < -0.4 is 10.1 Å². The zero-order valence-electron chi connectivity index (χ0n) is 12.9. The van der Waals surface area contributed by atoms with Gasteiger partial charge in [-0.05, 0) is 38.5 Å². The molecule has 0 saturated heterocycles. The normalized spacial score (nSPS) is 13.6. The van der Waals surface area contributed by atoms with Crippen LogP contribution in [0.1, 0.15) is 51.7 Å². The van der Waals surface area contributed by atoms with Crippen molar-refractivity contribution in [3.05, 3.63) is 28.2 Å². The number of hydrogen-bond acceptors (Lipinski definition) is 3. The van der Waals surface area contributed by atoms with Crippen LogP contribution in [-0.4, -0.2) is 23.7 Å². The first-order valence-corrected chi connectivity index (χ1v) is 8.16. The standard InChI is InChI=1S/C16H24BrNO3/c1-4-5-6-9-18-16(20)12(3)21-15-8-7-13(17)10-14(15)11(2)19/h7-8,10-12,19H,4-6,9H2,1-3H3,(H,18,20)/t11-,12?/m0/s1. The van der Waals surface area contributed by atoms with Crippen LogP contribution in [0.25, 0.3) is 0 Å². The zero-order valence-corrected chi connectivity index (χ0v) is 14.4. The first-order chi connectivity index (χ1) is 9.95. The third-order valence-corrected chi connectivity index (χ3v) is 3.67. The predicted octanol–water partition coefficient (Wildman–Crippen LogP) is 3.58. The first kappa shape index (κ1) is 18.0. The number of benzene rings is 1. The maximum atomic E-state index is 12.0. The molecule has 0 heterocycles. The van der Waals surface area contributed by atoms with Gasteiger partial charge in [0.05, 0.1) is 6.10 Å². The highest BCUT2D eigenvalue weighted by molar-refractivity contribution is 9.10. The van der Waals surface area contributed by atoms with E-state index in [1.54, 1.807) is 26.0 Å². The molecule has 1 amide bonds. The maximum absolute atomic E-state index is 12.0. The fourth-order valence-corrected chi connectivity index (χ4v) is 2.31. The van der Waals surface area contributed by atoms with Gasteiger partial charge in [-0.25, -0.2) is 0 Å². The molecule has 0 radical (unpaired) electrons. The van der Waals surface area contributed by atoms with Crippen molar-refractivity contribution in [1.29, 1.82) is 0 Å². The number of aliphatic hydroxyl groups is 1. The molecule has 1 aromatic rings. The van der Waals surface area contributed by atoms with Crippen LogP contribution in [0, 0.1) is 0 Å². The van der Waals surface area contributed by atoms with Crippen LogP contribution in [0.2, 0.25) is 0 Å². The summed E-state index contributed by atoms with van der Waals surface area (Å²) < 4.78 is 6.55. The van der Waals surface area contributed by atoms with Crippen molar-refractivity contribution >= 4 is 21.8 Å². The Bertz CT molecular complexity index is 463. The number of unbranched alkanes of at least 4 members (excludes halogenated alkanes) is 2. The molecule has 118 valence electrons. The van der Waals surface area contributed by atoms with Crippen molar-refractivity contribution < 1.29 is 14.6 Å². The van der Waals surface area contributed by atoms with Crippen LogP contribution in [0.15, 0.2) is 22.7 Å². The number of halogens is 1. The minimum atomic E-state index is -0.655. The summed E-state index contributed by atoms with van der Waals surface area (Å²) in [6, 6.07) is 5.38. The van der Waals surface area contributed by atoms with E-state index in [0.717, 1.165) is 23.7 Å². The Morgan fingerprint density at radius 3 is 2.71 bits per heavy atom. The van der Waals surface area contributed by atoms with Crippen LogP contribution in [0.4, 0.5) is 0 Å². The number of carbonyl (C=O) groups is 1. The van der Waals surface area contributed by atoms with E-state index in [0.29, 0.717) is 17.9 Å². The smallest absolute Gasteiger partial charge is 0.260 e. The van der Waals surface area contributed by atoms with Crippen molar-refractivity contribution in [2.24, 2.45) is 0 Å². The van der Waals surface area contributed by atoms with Gasteiger partial charge in [0.15, 0.2) is 6.10 Å². The van der Waals surface area contributed by atoms with Gasteiger partial charge < -0.3 is 15.2 Å². The predicted molar refractivity (Wildman–Crippen MR) is 87.4 cm³/mol. The molecule has 0 spiro atoms. The molecule has 0 aromatic heterocycles. The molecular formula is C16H24BrNO3. The van der Waals surface area contributed by atoms with Gasteiger partial charge >= 0.3 is 0 Å². The number of hydrogen-bond donors (Lipinski definition) is 2. The lowest BCUT2D eigenvalue weighted by Gasteiger charge is -2.18. The molecule has 1 aromatic carbocycles. The van der Waals surface area contributed by atoms with E-state index in [9.17, 15) is 9.90 Å². The lowest BCUT2D eigenvalue weighted by molar-refractivity contribution is -0.127. The minimum Gasteiger partial charge on any atom is -0.481 e. The van der Waals surface area contributed by atoms with Gasteiger partial charge in [-0.15, -0.1) is 0 Å². The molecule has 1 rings (SSSR count). The summed E-state index contributed by atoms with van der Waals surface area (Å²) in [5.74, 6) is 0.398. The average molecular weight is 358 g/mol. The molecule has 5 heteroatoms. The number of nitrogens with one attached hydrogen (secondary N) is 1. The topological polar surface area (TPSA) is 58.6 Å². The molecule has 2 atom stereocenters. The van der Waals surface area contributed by atoms with Crippen LogP contribution in [0.5, 0.6) is 5.75 Å². The van der Waals surface area contributed by atoms with Crippen LogP contribution in [0.3, 0.4) is 0 Å². The lowest BCUT2D eigenvalue weighted by Crippen LogP contribution is -2.37. The SMILES string of the molecule is CCCCCNC(=O)C(C)Oc1ccc(Br)cc1[C@H](C)O. The van der Waals surface area contributed by atoms with Crippen molar-refractivity contribution in [3.63, 3.8) is 0 Å². The Labute approximate surface area is 135 Å². The third kappa shape index (κ3) is 6.06. The molecule has 0 fully saturated rings. The summed E-state index contributed by atoms with van der Waals surface area (Å²) in [4.78, 5) is 12.0. The Morgan fingerprint density at radius 2 is 2.10 bits per heavy atom. The molecule has 0 aliphatic heterocycles. The Hall–Kier alpha value is -1.07. The molecule has 0 aliphatic carbocycles. The highest BCUT2D eigenvalue weighted by Crippen LogP contribution is 2.29. The fraction of sp³-hybridized carbons (Fsp3) is 0.562. The van der Waals surface area contributed by atoms with Gasteiger partial charge in [-0.3, -0.25) is 4.79 Å². The summed E-state index contributed by atoms with van der Waals surface area (Å²) in [5, 5.41) is 12.6. The summed E-state index contributed by atoms with van der Waals surface area (Å²) in [5.41, 5.74) is 0.662. The molecule has 2 N–H and O–H groups in total. The first-order valence-electron chi connectivity index (χ1n) is 7.37. The Balaban J connectivity index is 2.61. The largest absolute Gasteiger partial charge is 0.481 e. The summed E-state index contributed by atoms with van der Waals surface area (Å²) in [6.45, 7) is 6.18. The second-order valence-corrected chi connectivity index (χ2v) is 6.03. The third-order valence-electron chi connectivity index (χ3n) is 3.17. The van der Waals surface area contributed by atoms with E-state index >= 15 is 0 Å². The minimum absolute atomic E-state index is 0.134. The van der Waals surface area contributed by atoms with Gasteiger partial charge in [0.25, 0.3) is 5.91 Å². The van der Waals surface area contributed by atoms with Gasteiger partial charge in [0, 0.05) is 16.6 Å². The van der Waals surface area contributed by atoms with E-state index in [4.69, 9.17) is 4.74 Å². The Morgan fingerprint density at radius 1 is 1.38 bits per heavy atom. The molecule has 4 nitrogen and oxygen atoms in total. The number of rotatable bonds is 8. The quantitative estimate of drug-likeness (QED) is 0.699. The summed E-state index contributed by atoms with van der Waals surface area (Å²) in [7, 11) is 0. The molecular weight excluding hydrogens is 334 g/mol. The van der Waals surface area contributed by atoms with Gasteiger partial charge in [0.1, 0.15) is 5.75 Å². The summed E-state index contributed by atoms with van der Waals surface area (Å²) >= 11 is 3.36. The van der Waals surface area contributed by atoms with E-state index in [1.165, 1.54) is 0 Å². The van der Waals surface area contributed by atoms with E-state index < -0.39 is 12.2 Å². The van der Waals surface area contributed by atoms with Gasteiger partial charge in [-0.2, -0.15) is 0 Å². The number of amides is 1. The average Bonchev–Trinajstić information content (AvgIpc) is 2.44. The van der Waals surface area contributed by atoms with Crippen LogP contribution in [-0.2, 0) is 4.79 Å². The highest BCUT2D eigenvalue weighted by Gasteiger charge is 2.17. The summed E-state index contributed by atoms with van der Waals surface area (Å²) in [6.07, 6.45) is 1.96. The lowest BCUT2D eigenvalue weighted by atomic mass is 10.1. The molecule has 0 aliphatic rings. The van der Waals surface area contributed by atoms with E-state index in [-0.39, 0.29) is 5.91 Å². The second-order valence-electron chi connectivity index (χ2n) is 5.12. The van der Waals surface area contributed by atoms with Crippen molar-refractivity contribution in [2.75, 3.05) is 6.54 Å². The molecule has 1 unspecified atom stereocenters. The van der Waals surface area contributed by atoms with Gasteiger partial charge in [-0.1, -0.05) is 35.7 Å². The van der Waals surface area contributed by atoms with E-state index in [2.05, 4.69) is 28.2 Å². The van der Waals surface area contributed by atoms with Crippen LogP contribution >= 0.6 is 15.9 Å². The highest BCUT2D eigenvalue weighted by atomic mass is 79.9.